The molecule has 0 aliphatic rings. The third-order valence-electron chi connectivity index (χ3n) is 4.66. The molecule has 0 bridgehead atoms. The standard InChI is InChI=1S/C24H26N2O6/c1-4-30-18-11-9-17(10-12-18)25-22(27)15-26-14-13-19-20(23(26)28)7-6-8-21(19)32-16(3)24(29)31-5-2/h6-14,16H,4-5,15H2,1-3H3,(H,25,27)/t16-/m1/s1. The molecule has 0 unspecified atom stereocenters. The molecule has 1 heterocycles. The first-order valence-electron chi connectivity index (χ1n) is 10.4. The second-order valence-corrected chi connectivity index (χ2v) is 6.98. The Morgan fingerprint density at radius 1 is 1.00 bits per heavy atom. The van der Waals surface area contributed by atoms with Crippen LogP contribution in [-0.2, 0) is 20.9 Å². The summed E-state index contributed by atoms with van der Waals surface area (Å²) in [5.41, 5.74) is 0.273. The summed E-state index contributed by atoms with van der Waals surface area (Å²) in [5, 5.41) is 3.70. The van der Waals surface area contributed by atoms with Crippen LogP contribution in [0.5, 0.6) is 11.5 Å². The lowest BCUT2D eigenvalue weighted by Crippen LogP contribution is -2.28. The van der Waals surface area contributed by atoms with Crippen LogP contribution in [0.15, 0.2) is 59.5 Å². The maximum atomic E-state index is 12.9. The molecule has 0 fully saturated rings. The summed E-state index contributed by atoms with van der Waals surface area (Å²) < 4.78 is 17.4. The average molecular weight is 438 g/mol. The van der Waals surface area contributed by atoms with Gasteiger partial charge < -0.3 is 24.1 Å². The zero-order chi connectivity index (χ0) is 23.1. The van der Waals surface area contributed by atoms with Crippen LogP contribution in [0.2, 0.25) is 0 Å². The van der Waals surface area contributed by atoms with Gasteiger partial charge in [0.05, 0.1) is 18.6 Å². The van der Waals surface area contributed by atoms with Gasteiger partial charge in [-0.3, -0.25) is 9.59 Å². The second-order valence-electron chi connectivity index (χ2n) is 6.98. The van der Waals surface area contributed by atoms with Crippen LogP contribution < -0.4 is 20.3 Å². The first-order valence-corrected chi connectivity index (χ1v) is 10.4. The average Bonchev–Trinajstić information content (AvgIpc) is 2.77. The summed E-state index contributed by atoms with van der Waals surface area (Å²) in [6, 6.07) is 13.7. The Kier molecular flexibility index (Phi) is 7.49. The summed E-state index contributed by atoms with van der Waals surface area (Å²) >= 11 is 0. The molecule has 0 radical (unpaired) electrons. The topological polar surface area (TPSA) is 95.9 Å². The second kappa shape index (κ2) is 10.5. The third kappa shape index (κ3) is 5.46. The van der Waals surface area contributed by atoms with E-state index in [-0.39, 0.29) is 24.6 Å². The molecule has 1 amide bonds. The number of anilines is 1. The van der Waals surface area contributed by atoms with Crippen molar-refractivity contribution in [1.82, 2.24) is 4.57 Å². The maximum absolute atomic E-state index is 12.9. The zero-order valence-electron chi connectivity index (χ0n) is 18.3. The van der Waals surface area contributed by atoms with Crippen molar-refractivity contribution in [1.29, 1.82) is 0 Å². The van der Waals surface area contributed by atoms with E-state index >= 15 is 0 Å². The van der Waals surface area contributed by atoms with Crippen molar-refractivity contribution < 1.29 is 23.8 Å². The van der Waals surface area contributed by atoms with Gasteiger partial charge >= 0.3 is 5.97 Å². The Morgan fingerprint density at radius 3 is 2.44 bits per heavy atom. The van der Waals surface area contributed by atoms with E-state index in [2.05, 4.69) is 5.32 Å². The molecular formula is C24H26N2O6. The fraction of sp³-hybridized carbons (Fsp3) is 0.292. The molecule has 8 heteroatoms. The van der Waals surface area contributed by atoms with E-state index < -0.39 is 12.1 Å². The molecule has 168 valence electrons. The van der Waals surface area contributed by atoms with Crippen molar-refractivity contribution >= 4 is 28.3 Å². The number of nitrogens with zero attached hydrogens (tertiary/aromatic N) is 1. The Labute approximate surface area is 185 Å². The summed E-state index contributed by atoms with van der Waals surface area (Å²) in [4.78, 5) is 37.2. The SMILES string of the molecule is CCOC(=O)[C@@H](C)Oc1cccc2c(=O)n(CC(=O)Nc3ccc(OCC)cc3)ccc12. The highest BCUT2D eigenvalue weighted by Gasteiger charge is 2.18. The molecular weight excluding hydrogens is 412 g/mol. The molecule has 1 N–H and O–H groups in total. The highest BCUT2D eigenvalue weighted by atomic mass is 16.6. The van der Waals surface area contributed by atoms with Gasteiger partial charge in [0.1, 0.15) is 18.0 Å². The lowest BCUT2D eigenvalue weighted by molar-refractivity contribution is -0.150. The number of benzene rings is 2. The lowest BCUT2D eigenvalue weighted by atomic mass is 10.1. The highest BCUT2D eigenvalue weighted by Crippen LogP contribution is 2.24. The van der Waals surface area contributed by atoms with Gasteiger partial charge in [0.2, 0.25) is 5.91 Å². The van der Waals surface area contributed by atoms with Crippen molar-refractivity contribution in [2.45, 2.75) is 33.4 Å². The monoisotopic (exact) mass is 438 g/mol. The third-order valence-corrected chi connectivity index (χ3v) is 4.66. The number of amides is 1. The molecule has 0 aliphatic carbocycles. The molecule has 8 nitrogen and oxygen atoms in total. The minimum absolute atomic E-state index is 0.147. The van der Waals surface area contributed by atoms with Gasteiger partial charge in [-0.2, -0.15) is 0 Å². The maximum Gasteiger partial charge on any atom is 0.347 e. The lowest BCUT2D eigenvalue weighted by Gasteiger charge is -2.15. The van der Waals surface area contributed by atoms with Crippen LogP contribution in [-0.4, -0.2) is 35.8 Å². The quantitative estimate of drug-likeness (QED) is 0.515. The van der Waals surface area contributed by atoms with E-state index in [1.807, 2.05) is 6.92 Å². The number of hydrogen-bond acceptors (Lipinski definition) is 6. The molecule has 0 spiro atoms. The van der Waals surface area contributed by atoms with Gasteiger partial charge in [-0.15, -0.1) is 0 Å². The molecule has 32 heavy (non-hydrogen) atoms. The minimum Gasteiger partial charge on any atom is -0.494 e. The van der Waals surface area contributed by atoms with Gasteiger partial charge in [0.15, 0.2) is 6.10 Å². The minimum atomic E-state index is -0.817. The number of carbonyl (C=O) groups excluding carboxylic acids is 2. The predicted octanol–water partition coefficient (Wildman–Crippen LogP) is 3.37. The Balaban J connectivity index is 1.75. The van der Waals surface area contributed by atoms with E-state index in [4.69, 9.17) is 14.2 Å². The Bertz CT molecular complexity index is 1150. The normalized spacial score (nSPS) is 11.6. The van der Waals surface area contributed by atoms with Crippen LogP contribution in [0.4, 0.5) is 5.69 Å². The number of rotatable bonds is 9. The summed E-state index contributed by atoms with van der Waals surface area (Å²) in [5.74, 6) is 0.292. The number of aromatic nitrogens is 1. The van der Waals surface area contributed by atoms with Gasteiger partial charge in [-0.1, -0.05) is 6.07 Å². The number of nitrogens with one attached hydrogen (secondary N) is 1. The fourth-order valence-electron chi connectivity index (χ4n) is 3.17. The van der Waals surface area contributed by atoms with Crippen molar-refractivity contribution in [3.8, 4) is 11.5 Å². The van der Waals surface area contributed by atoms with Crippen molar-refractivity contribution in [3.63, 3.8) is 0 Å². The largest absolute Gasteiger partial charge is 0.494 e. The fourth-order valence-corrected chi connectivity index (χ4v) is 3.17. The van der Waals surface area contributed by atoms with Gasteiger partial charge in [-0.05, 0) is 63.2 Å². The smallest absolute Gasteiger partial charge is 0.347 e. The molecule has 0 saturated carbocycles. The van der Waals surface area contributed by atoms with E-state index in [1.54, 1.807) is 62.4 Å². The number of esters is 1. The van der Waals surface area contributed by atoms with E-state index in [0.717, 1.165) is 0 Å². The molecule has 0 aliphatic heterocycles. The molecule has 0 saturated heterocycles. The van der Waals surface area contributed by atoms with Gasteiger partial charge in [0, 0.05) is 17.3 Å². The Morgan fingerprint density at radius 2 is 1.75 bits per heavy atom. The van der Waals surface area contributed by atoms with Crippen LogP contribution >= 0.6 is 0 Å². The molecule has 1 atom stereocenters. The van der Waals surface area contributed by atoms with E-state index in [0.29, 0.717) is 34.6 Å². The van der Waals surface area contributed by atoms with Crippen LogP contribution in [0, 0.1) is 0 Å². The predicted molar refractivity (Wildman–Crippen MR) is 121 cm³/mol. The van der Waals surface area contributed by atoms with Crippen molar-refractivity contribution in [3.05, 3.63) is 65.1 Å². The first-order chi connectivity index (χ1) is 15.4. The molecule has 1 aromatic heterocycles. The summed E-state index contributed by atoms with van der Waals surface area (Å²) in [6.07, 6.45) is 0.715. The Hall–Kier alpha value is -3.81. The van der Waals surface area contributed by atoms with Crippen molar-refractivity contribution in [2.75, 3.05) is 18.5 Å². The number of pyridine rings is 1. The number of carbonyl (C=O) groups is 2. The van der Waals surface area contributed by atoms with Gasteiger partial charge in [-0.25, -0.2) is 4.79 Å². The molecule has 3 rings (SSSR count). The van der Waals surface area contributed by atoms with E-state index in [1.165, 1.54) is 10.8 Å². The van der Waals surface area contributed by atoms with Crippen LogP contribution in [0.25, 0.3) is 10.8 Å². The van der Waals surface area contributed by atoms with Crippen LogP contribution in [0.1, 0.15) is 20.8 Å². The highest BCUT2D eigenvalue weighted by molar-refractivity contribution is 5.91. The molecule has 2 aromatic carbocycles. The zero-order valence-corrected chi connectivity index (χ0v) is 18.3. The number of fused-ring (bicyclic) bond motifs is 1. The summed E-state index contributed by atoms with van der Waals surface area (Å²) in [6.45, 7) is 5.87. The van der Waals surface area contributed by atoms with Crippen LogP contribution in [0.3, 0.4) is 0 Å². The van der Waals surface area contributed by atoms with E-state index in [9.17, 15) is 14.4 Å². The first kappa shape index (κ1) is 22.9. The number of ether oxygens (including phenoxy) is 3. The van der Waals surface area contributed by atoms with Crippen molar-refractivity contribution in [2.24, 2.45) is 0 Å². The number of hydrogen-bond donors (Lipinski definition) is 1. The van der Waals surface area contributed by atoms with Gasteiger partial charge in [0.25, 0.3) is 5.56 Å². The molecule has 3 aromatic rings. The summed E-state index contributed by atoms with van der Waals surface area (Å²) in [7, 11) is 0.